The number of carbonyl (C=O) groups excluding carboxylic acids is 5. The number of aromatic amines is 5. The van der Waals surface area contributed by atoms with Gasteiger partial charge in [-0.05, 0) is 126 Å². The topological polar surface area (TPSA) is 347 Å². The first kappa shape index (κ1) is 37.5. The van der Waals surface area contributed by atoms with Gasteiger partial charge in [-0.1, -0.05) is 34.5 Å². The molecule has 15 rings (SSSR count). The van der Waals surface area contributed by atoms with E-state index < -0.39 is 284 Å². The zero-order valence-electron chi connectivity index (χ0n) is 126. The van der Waals surface area contributed by atoms with Crippen molar-refractivity contribution in [3.63, 3.8) is 0 Å². The van der Waals surface area contributed by atoms with Crippen molar-refractivity contribution in [2.24, 2.45) is 29.5 Å². The van der Waals surface area contributed by atoms with E-state index in [9.17, 15) is 26.7 Å². The third-order valence-corrected chi connectivity index (χ3v) is 16.8. The first-order valence-electron chi connectivity index (χ1n) is 65.3. The van der Waals surface area contributed by atoms with Crippen molar-refractivity contribution in [3.05, 3.63) is 147 Å². The predicted octanol–water partition coefficient (Wildman–Crippen LogP) is 9.29. The fourth-order valence-corrected chi connectivity index (χ4v) is 11.4. The second kappa shape index (κ2) is 39.4. The highest BCUT2D eigenvalue weighted by atomic mass is 16.2. The van der Waals surface area contributed by atoms with Gasteiger partial charge in [0.2, 0.25) is 0 Å². The average molecular weight is 1690 g/mol. The van der Waals surface area contributed by atoms with E-state index in [0.717, 1.165) is 42.8 Å². The van der Waals surface area contributed by atoms with Gasteiger partial charge in [-0.2, -0.15) is 0 Å². The number of piperidine rings is 5. The van der Waals surface area contributed by atoms with Crippen LogP contribution in [0.4, 0.5) is 29.1 Å². The van der Waals surface area contributed by atoms with Crippen LogP contribution >= 0.6 is 0 Å². The normalized spacial score (nSPS) is 38.8. The molecule has 35 heteroatoms. The largest absolute Gasteiger partial charge is 0.354 e. The third-order valence-electron chi connectivity index (χ3n) is 16.8. The smallest absolute Gasteiger partial charge is 0.302 e. The molecule has 10 aromatic heterocycles. The minimum atomic E-state index is -4.44. The van der Waals surface area contributed by atoms with Gasteiger partial charge in [-0.25, -0.2) is 82.7 Å². The van der Waals surface area contributed by atoms with Crippen molar-refractivity contribution in [3.8, 4) is 0 Å². The van der Waals surface area contributed by atoms with E-state index in [0.29, 0.717) is 30.3 Å². The summed E-state index contributed by atoms with van der Waals surface area (Å²) in [5.74, 6) is -26.7. The number of likely N-dealkylation sites (tertiary alicyclic amines) is 5. The zero-order valence-corrected chi connectivity index (χ0v) is 64.5. The lowest BCUT2D eigenvalue weighted by Crippen LogP contribution is -2.53. The van der Waals surface area contributed by atoms with Crippen LogP contribution in [0.1, 0.15) is 180 Å². The molecule has 0 unspecified atom stereocenters. The van der Waals surface area contributed by atoms with E-state index >= 15 is 0 Å². The molecule has 0 spiro atoms. The van der Waals surface area contributed by atoms with Gasteiger partial charge in [0.25, 0.3) is 32.5 Å². The van der Waals surface area contributed by atoms with Crippen molar-refractivity contribution < 1.29 is 109 Å². The first-order valence-corrected chi connectivity index (χ1v) is 34.3. The Bertz CT molecular complexity index is 8670. The molecule has 5 fully saturated rings. The summed E-state index contributed by atoms with van der Waals surface area (Å²) in [4.78, 5) is 131. The van der Waals surface area contributed by atoms with Gasteiger partial charge in [-0.15, -0.1) is 0 Å². The Morgan fingerprint density at radius 2 is 0.650 bits per heavy atom. The van der Waals surface area contributed by atoms with Crippen LogP contribution in [-0.4, -0.2) is 292 Å². The maximum atomic E-state index is 13.2. The van der Waals surface area contributed by atoms with Gasteiger partial charge in [0, 0.05) is 177 Å². The number of nitrogens with one attached hydrogen (secondary N) is 5. The van der Waals surface area contributed by atoms with Crippen LogP contribution in [0.3, 0.4) is 0 Å². The van der Waals surface area contributed by atoms with E-state index in [-0.39, 0.29) is 122 Å². The highest BCUT2D eigenvalue weighted by molar-refractivity contribution is 5.92. The highest BCUT2D eigenvalue weighted by Gasteiger charge is 2.39. The molecule has 0 aromatic carbocycles. The summed E-state index contributed by atoms with van der Waals surface area (Å²) in [5.41, 5.74) is 1.74. The number of aromatic nitrogens is 15. The number of fused-ring (bicyclic) bond motifs is 5. The number of anilines is 5. The maximum Gasteiger partial charge on any atom is 0.302 e. The summed E-state index contributed by atoms with van der Waals surface area (Å²) in [6, 6.07) is -14.9. The molecule has 5 aliphatic heterocycles. The maximum absolute atomic E-state index is 13.2. The molecular weight excluding hydrogens is 1520 g/mol. The van der Waals surface area contributed by atoms with Crippen molar-refractivity contribution >= 4 is 114 Å². The van der Waals surface area contributed by atoms with E-state index in [2.05, 4.69) is 99.0 Å². The SMILES string of the molecule is [2H]c1c(C)[nH]c2ncnc(N(C([2H])([2H])[2H])[C@@]3([2H])C([2H])([2H])N(C(=O)C([2H])([2H])[N+]#[C-])C([2H])([2H])C([2H])([2H])[C@@]3([2H])C([2H])([2H])[2H])c12.[2H]c1c(C)[nH]c2ncnc(N(C([2H])([2H])[2H])[C@@]3([2H])C([2H])([2H])N(C(=O)C([2H])([2H])[N+]#[C-])C([2H])([2H])C([2H])([2H])[C@@]3([2H])C)c12.[2H]c1c(C)[nH]c2ncnc(N(C)[C@@H]3[C@H](C([2H])([2H])[2H])C([2H])([2H])C([2H])([2H])N(C(=O)C([2H])([2H])[N+]#[C-])C3([2H])[2H])c12.[2H]c1c(C)[nH]c2ncnc(N(C)[C@@H]3[C@H](C)C([2H])([2H])C([2H])([2H])N(C(=O)C([2H])([2H])[N+]#[C-])C3([2H])[2H])c12.[2H]c1c(C)[nH]c2ncnc(N(C)[C@H]3C([2H])([2H])N(C(=O)C([2H])([2H])[N+]#[C-])C([2H])([2H])C([2H])([2H])[C@@]3([2H])C)c12. The molecule has 35 nitrogen and oxygen atoms in total. The summed E-state index contributed by atoms with van der Waals surface area (Å²) < 4.78 is 515. The van der Waals surface area contributed by atoms with Gasteiger partial charge in [0.1, 0.15) is 103 Å². The zero-order chi connectivity index (χ0) is 141. The van der Waals surface area contributed by atoms with Gasteiger partial charge in [0.15, 0.2) is 0 Å². The summed E-state index contributed by atoms with van der Waals surface area (Å²) in [7, 11) is 3.77. The van der Waals surface area contributed by atoms with E-state index in [1.807, 2.05) is 0 Å². The Morgan fingerprint density at radius 1 is 0.392 bits per heavy atom. The number of likely N-dealkylation sites (N-methyl/N-ethyl adjacent to an activating group) is 5. The summed E-state index contributed by atoms with van der Waals surface area (Å²) >= 11 is 0. The lowest BCUT2D eigenvalue weighted by atomic mass is 9.92. The Labute approximate surface area is 787 Å². The second-order valence-corrected chi connectivity index (χ2v) is 25.1. The summed E-state index contributed by atoms with van der Waals surface area (Å²) in [6.07, 6.45) is -12.9. The first-order chi connectivity index (χ1) is 81.4. The van der Waals surface area contributed by atoms with Crippen LogP contribution in [-0.2, 0) is 24.0 Å². The van der Waals surface area contributed by atoms with E-state index in [1.54, 1.807) is 20.8 Å². The molecule has 5 amide bonds. The van der Waals surface area contributed by atoms with Crippen molar-refractivity contribution in [1.82, 2.24) is 99.3 Å². The standard InChI is InChI=1S/5C17H22N6O/c5*1-11-5-6-23(15(24)8-18-3)9-14(11)22(4)17-13-7-12(2)21-16(13)19-10-20-17/h5*7,10-11,14H,5-6,8-9H2,1-2,4H3,(H,19,20,21)/t5*11-,14+/m11111/s1/i1D3,4D3,5D2,6D2,7D,8D2,9D2,11D,14D;4D3,5D2,6D2,7D,8D2,9D2,11D,14D;5D2,6D2,7D,8D2,9D2,11D;1D3,5D2,6D2,7D,8D2,9D2;5D2,6D2,7D,8D2,9D2. The Balaban J connectivity index is 0.000000211. The predicted molar refractivity (Wildman–Crippen MR) is 463 cm³/mol. The molecule has 5 saturated heterocycles. The van der Waals surface area contributed by atoms with Gasteiger partial charge in [0.05, 0.1) is 80.4 Å². The monoisotopic (exact) mass is 1690 g/mol. The number of amides is 5. The minimum Gasteiger partial charge on any atom is -0.354 e. The summed E-state index contributed by atoms with van der Waals surface area (Å²) in [6.45, 7) is -24.1. The average Bonchev–Trinajstić information content (AvgIpc) is 0.921. The third kappa shape index (κ3) is 20.2. The highest BCUT2D eigenvalue weighted by Crippen LogP contribution is 2.36. The number of nitrogens with zero attached hydrogens (tertiary/aromatic N) is 25. The lowest BCUT2D eigenvalue weighted by Gasteiger charge is -2.41. The minimum absolute atomic E-state index is 0.0314. The fraction of sp³-hybridized carbons (Fsp3) is 0.529. The van der Waals surface area contributed by atoms with E-state index in [1.165, 1.54) is 46.1 Å². The number of carbonyl (C=O) groups is 5. The summed E-state index contributed by atoms with van der Waals surface area (Å²) in [5, 5.41) is -0.467. The van der Waals surface area contributed by atoms with Crippen LogP contribution in [0, 0.1) is 97.0 Å². The quantitative estimate of drug-likeness (QED) is 0.0597. The molecule has 5 N–H and O–H groups in total. The molecule has 0 radical (unpaired) electrons. The Hall–Kier alpha value is -13.1. The van der Waals surface area contributed by atoms with Crippen LogP contribution in [0.25, 0.3) is 79.4 Å². The van der Waals surface area contributed by atoms with Crippen molar-refractivity contribution in [1.29, 1.82) is 0 Å². The Morgan fingerprint density at radius 3 is 0.958 bits per heavy atom. The molecule has 10 atom stereocenters. The molecule has 0 bridgehead atoms. The number of aryl methyl sites for hydroxylation is 5. The van der Waals surface area contributed by atoms with Crippen molar-refractivity contribution in [2.75, 3.05) is 157 Å². The molecule has 0 saturated carbocycles. The second-order valence-electron chi connectivity index (χ2n) is 25.1. The van der Waals surface area contributed by atoms with Crippen molar-refractivity contribution in [2.45, 2.75) is 131 Å². The Kier molecular flexibility index (Phi) is 12.3. The van der Waals surface area contributed by atoms with Crippen LogP contribution in [0.2, 0.25) is 0 Å². The molecule has 15 heterocycles. The number of hydrogen-bond donors (Lipinski definition) is 5. The number of rotatable bonds is 15. The molecule has 630 valence electrons. The van der Waals surface area contributed by atoms with Crippen LogP contribution in [0.5, 0.6) is 0 Å². The molecular formula is C85H110N30O5. The molecule has 0 aliphatic carbocycles. The van der Waals surface area contributed by atoms with E-state index in [4.69, 9.17) is 115 Å². The number of H-pyrrole nitrogens is 5. The van der Waals surface area contributed by atoms with Gasteiger partial charge < -0.3 is 98.1 Å². The van der Waals surface area contributed by atoms with Gasteiger partial charge >= 0.3 is 29.5 Å². The fourth-order valence-electron chi connectivity index (χ4n) is 11.4. The van der Waals surface area contributed by atoms with Gasteiger partial charge in [-0.3, -0.25) is 24.0 Å². The molecule has 10 aromatic rings. The molecule has 5 aliphatic rings. The van der Waals surface area contributed by atoms with Crippen LogP contribution in [0.15, 0.2) is 61.8 Å². The number of hydrogen-bond acceptors (Lipinski definition) is 20. The van der Waals surface area contributed by atoms with Crippen LogP contribution < -0.4 is 24.5 Å². The molecule has 120 heavy (non-hydrogen) atoms. The lowest BCUT2D eigenvalue weighted by molar-refractivity contribution is -0.131.